The summed E-state index contributed by atoms with van der Waals surface area (Å²) in [6, 6.07) is 8.56. The zero-order chi connectivity index (χ0) is 19.2. The van der Waals surface area contributed by atoms with E-state index < -0.39 is 0 Å². The van der Waals surface area contributed by atoms with Crippen LogP contribution in [-0.2, 0) is 4.79 Å². The zero-order valence-corrected chi connectivity index (χ0v) is 15.0. The maximum atomic E-state index is 12.3. The van der Waals surface area contributed by atoms with Gasteiger partial charge in [0, 0.05) is 51.1 Å². The molecule has 0 saturated heterocycles. The minimum absolute atomic E-state index is 0.0729. The number of benzene rings is 1. The molecule has 0 aliphatic carbocycles. The molecule has 0 saturated carbocycles. The summed E-state index contributed by atoms with van der Waals surface area (Å²) in [4.78, 5) is 41.9. The van der Waals surface area contributed by atoms with Crippen LogP contribution in [0.25, 0.3) is 0 Å². The largest absolute Gasteiger partial charge is 0.372 e. The van der Waals surface area contributed by atoms with Gasteiger partial charge in [-0.05, 0) is 30.3 Å². The molecule has 3 N–H and O–H groups in total. The number of rotatable bonds is 5. The Kier molecular flexibility index (Phi) is 5.65. The van der Waals surface area contributed by atoms with Gasteiger partial charge >= 0.3 is 0 Å². The number of nitrogens with one attached hydrogen (secondary N) is 3. The molecule has 0 fully saturated rings. The van der Waals surface area contributed by atoms with Crippen LogP contribution in [0.4, 0.5) is 11.4 Å². The lowest BCUT2D eigenvalue weighted by Crippen LogP contribution is -2.34. The Balaban J connectivity index is 1.54. The minimum atomic E-state index is -0.269. The number of pyridine rings is 1. The molecule has 1 aliphatic heterocycles. The molecule has 0 unspecified atom stereocenters. The van der Waals surface area contributed by atoms with Crippen molar-refractivity contribution in [3.63, 3.8) is 0 Å². The summed E-state index contributed by atoms with van der Waals surface area (Å²) in [6.45, 7) is 1.21. The summed E-state index contributed by atoms with van der Waals surface area (Å²) in [5.74, 6) is -0.584. The van der Waals surface area contributed by atoms with Gasteiger partial charge in [-0.1, -0.05) is 0 Å². The third-order valence-corrected chi connectivity index (χ3v) is 4.24. The van der Waals surface area contributed by atoms with E-state index in [0.717, 1.165) is 5.69 Å². The van der Waals surface area contributed by atoms with Gasteiger partial charge in [0.25, 0.3) is 11.8 Å². The van der Waals surface area contributed by atoms with Gasteiger partial charge in [0.1, 0.15) is 0 Å². The molecule has 8 nitrogen and oxygen atoms in total. The zero-order valence-electron chi connectivity index (χ0n) is 15.0. The van der Waals surface area contributed by atoms with E-state index in [1.165, 1.54) is 6.20 Å². The Morgan fingerprint density at radius 2 is 1.89 bits per heavy atom. The Morgan fingerprint density at radius 1 is 1.15 bits per heavy atom. The second-order valence-electron chi connectivity index (χ2n) is 6.21. The number of anilines is 2. The highest BCUT2D eigenvalue weighted by molar-refractivity contribution is 6.01. The third-order valence-electron chi connectivity index (χ3n) is 4.24. The predicted molar refractivity (Wildman–Crippen MR) is 102 cm³/mol. The van der Waals surface area contributed by atoms with Gasteiger partial charge < -0.3 is 20.9 Å². The fraction of sp³-hybridized carbons (Fsp3) is 0.263. The molecule has 0 bridgehead atoms. The highest BCUT2D eigenvalue weighted by Gasteiger charge is 2.18. The Bertz CT molecular complexity index is 854. The molecule has 8 heteroatoms. The van der Waals surface area contributed by atoms with Crippen LogP contribution in [0.15, 0.2) is 42.7 Å². The Hall–Kier alpha value is -3.42. The van der Waals surface area contributed by atoms with Crippen molar-refractivity contribution >= 4 is 29.1 Å². The summed E-state index contributed by atoms with van der Waals surface area (Å²) >= 11 is 0. The molecule has 2 aromatic rings. The molecule has 0 radical (unpaired) electrons. The van der Waals surface area contributed by atoms with Crippen molar-refractivity contribution in [1.29, 1.82) is 0 Å². The Morgan fingerprint density at radius 3 is 2.59 bits per heavy atom. The monoisotopic (exact) mass is 367 g/mol. The first-order chi connectivity index (χ1) is 13.0. The number of amides is 3. The molecule has 3 rings (SSSR count). The van der Waals surface area contributed by atoms with Crippen molar-refractivity contribution in [1.82, 2.24) is 15.6 Å². The van der Waals surface area contributed by atoms with Crippen molar-refractivity contribution < 1.29 is 14.4 Å². The summed E-state index contributed by atoms with van der Waals surface area (Å²) in [5.41, 5.74) is 2.41. The first-order valence-electron chi connectivity index (χ1n) is 8.66. The van der Waals surface area contributed by atoms with Crippen LogP contribution in [0, 0.1) is 0 Å². The molecule has 1 aliphatic rings. The van der Waals surface area contributed by atoms with Gasteiger partial charge in [0.2, 0.25) is 5.91 Å². The van der Waals surface area contributed by atoms with Crippen LogP contribution in [0.3, 0.4) is 0 Å². The van der Waals surface area contributed by atoms with Crippen molar-refractivity contribution in [2.24, 2.45) is 0 Å². The molecule has 1 aromatic heterocycles. The molecule has 27 heavy (non-hydrogen) atoms. The average Bonchev–Trinajstić information content (AvgIpc) is 2.83. The standard InChI is InChI=1S/C19H21N5O3/c1-24-10-6-17(25)23-15-11-13(4-5-16(15)24)18(26)21-8-9-22-19(27)14-3-2-7-20-12-14/h2-5,7,11-12H,6,8-10H2,1H3,(H,21,26)(H,22,27)(H,23,25). The quantitative estimate of drug-likeness (QED) is 0.685. The molecule has 0 atom stereocenters. The minimum Gasteiger partial charge on any atom is -0.372 e. The summed E-state index contributed by atoms with van der Waals surface area (Å²) in [5, 5.41) is 8.30. The van der Waals surface area contributed by atoms with E-state index in [1.807, 2.05) is 18.0 Å². The van der Waals surface area contributed by atoms with E-state index in [0.29, 0.717) is 36.3 Å². The Labute approximate surface area is 157 Å². The number of fused-ring (bicyclic) bond motifs is 1. The highest BCUT2D eigenvalue weighted by Crippen LogP contribution is 2.28. The number of nitrogens with zero attached hydrogens (tertiary/aromatic N) is 2. The summed E-state index contributed by atoms with van der Waals surface area (Å²) in [6.07, 6.45) is 3.48. The van der Waals surface area contributed by atoms with E-state index in [-0.39, 0.29) is 24.3 Å². The molecule has 0 spiro atoms. The molecule has 2 heterocycles. The first-order valence-corrected chi connectivity index (χ1v) is 8.66. The van der Waals surface area contributed by atoms with Crippen molar-refractivity contribution in [3.05, 3.63) is 53.9 Å². The average molecular weight is 367 g/mol. The van der Waals surface area contributed by atoms with Gasteiger partial charge in [0.15, 0.2) is 0 Å². The SMILES string of the molecule is CN1CCC(=O)Nc2cc(C(=O)NCCNC(=O)c3cccnc3)ccc21. The van der Waals surface area contributed by atoms with E-state index in [4.69, 9.17) is 0 Å². The second-order valence-corrected chi connectivity index (χ2v) is 6.21. The fourth-order valence-electron chi connectivity index (χ4n) is 2.77. The van der Waals surface area contributed by atoms with Crippen molar-refractivity contribution in [2.45, 2.75) is 6.42 Å². The van der Waals surface area contributed by atoms with Crippen LogP contribution in [0.2, 0.25) is 0 Å². The van der Waals surface area contributed by atoms with Crippen LogP contribution < -0.4 is 20.9 Å². The lowest BCUT2D eigenvalue weighted by atomic mass is 10.1. The topological polar surface area (TPSA) is 103 Å². The van der Waals surface area contributed by atoms with E-state index in [2.05, 4.69) is 20.9 Å². The molecular formula is C19H21N5O3. The summed E-state index contributed by atoms with van der Waals surface area (Å²) < 4.78 is 0. The van der Waals surface area contributed by atoms with Gasteiger partial charge in [0.05, 0.1) is 16.9 Å². The molecule has 3 amide bonds. The lowest BCUT2D eigenvalue weighted by Gasteiger charge is -2.18. The van der Waals surface area contributed by atoms with Gasteiger partial charge in [-0.2, -0.15) is 0 Å². The number of carbonyl (C=O) groups excluding carboxylic acids is 3. The lowest BCUT2D eigenvalue weighted by molar-refractivity contribution is -0.115. The van der Waals surface area contributed by atoms with Crippen LogP contribution in [0.1, 0.15) is 27.1 Å². The number of carbonyl (C=O) groups is 3. The molecule has 140 valence electrons. The maximum absolute atomic E-state index is 12.3. The van der Waals surface area contributed by atoms with Crippen LogP contribution in [-0.4, -0.2) is 49.4 Å². The van der Waals surface area contributed by atoms with Gasteiger partial charge in [-0.25, -0.2) is 0 Å². The van der Waals surface area contributed by atoms with E-state index in [9.17, 15) is 14.4 Å². The van der Waals surface area contributed by atoms with Crippen LogP contribution in [0.5, 0.6) is 0 Å². The third kappa shape index (κ3) is 4.60. The molecule has 1 aromatic carbocycles. The van der Waals surface area contributed by atoms with Crippen molar-refractivity contribution in [3.8, 4) is 0 Å². The van der Waals surface area contributed by atoms with Crippen molar-refractivity contribution in [2.75, 3.05) is 36.9 Å². The second kappa shape index (κ2) is 8.31. The number of aromatic nitrogens is 1. The van der Waals surface area contributed by atoms with Gasteiger partial charge in [-0.3, -0.25) is 19.4 Å². The highest BCUT2D eigenvalue weighted by atomic mass is 16.2. The number of hydrogen-bond acceptors (Lipinski definition) is 5. The summed E-state index contributed by atoms with van der Waals surface area (Å²) in [7, 11) is 1.91. The van der Waals surface area contributed by atoms with E-state index >= 15 is 0 Å². The smallest absolute Gasteiger partial charge is 0.252 e. The van der Waals surface area contributed by atoms with E-state index in [1.54, 1.807) is 30.5 Å². The normalized spacial score (nSPS) is 13.2. The molecular weight excluding hydrogens is 346 g/mol. The first kappa shape index (κ1) is 18.4. The predicted octanol–water partition coefficient (Wildman–Crippen LogP) is 1.02. The van der Waals surface area contributed by atoms with Gasteiger partial charge in [-0.15, -0.1) is 0 Å². The number of hydrogen-bond donors (Lipinski definition) is 3. The van der Waals surface area contributed by atoms with Crippen LogP contribution >= 0.6 is 0 Å². The maximum Gasteiger partial charge on any atom is 0.252 e. The fourth-order valence-corrected chi connectivity index (χ4v) is 2.77.